The van der Waals surface area contributed by atoms with Crippen LogP contribution in [0.3, 0.4) is 0 Å². The van der Waals surface area contributed by atoms with Gasteiger partial charge >= 0.3 is 5.97 Å². The van der Waals surface area contributed by atoms with E-state index in [1.165, 1.54) is 4.90 Å². The van der Waals surface area contributed by atoms with Crippen molar-refractivity contribution in [1.82, 2.24) is 0 Å². The third-order valence-electron chi connectivity index (χ3n) is 3.73. The normalized spacial score (nSPS) is 16.6. The molecular weight excluding hydrogens is 364 g/mol. The van der Waals surface area contributed by atoms with Crippen LogP contribution in [-0.4, -0.2) is 30.4 Å². The molecule has 1 aromatic carbocycles. The molecule has 0 spiro atoms. The van der Waals surface area contributed by atoms with E-state index in [1.807, 2.05) is 0 Å². The van der Waals surface area contributed by atoms with Gasteiger partial charge in [0.15, 0.2) is 6.61 Å². The number of amides is 2. The highest BCUT2D eigenvalue weighted by Gasteiger charge is 2.30. The molecule has 1 atom stereocenters. The van der Waals surface area contributed by atoms with E-state index in [-0.39, 0.29) is 18.4 Å². The Hall–Kier alpha value is -2.38. The van der Waals surface area contributed by atoms with Gasteiger partial charge in [-0.05, 0) is 31.2 Å². The Kier molecular flexibility index (Phi) is 5.06. The van der Waals surface area contributed by atoms with Crippen LogP contribution in [0.4, 0.5) is 11.4 Å². The van der Waals surface area contributed by atoms with Crippen molar-refractivity contribution >= 4 is 52.1 Å². The van der Waals surface area contributed by atoms with Gasteiger partial charge in [0.1, 0.15) is 4.88 Å². The number of carbonyl (C=O) groups is 3. The maximum atomic E-state index is 12.7. The number of ether oxygens (including phenoxy) is 1. The standard InChI is InChI=1S/C17H15ClN2O4S/c1-10-8-15(21)19-11-4-2-3-5-12(11)20(10)16(22)9-24-17(23)13-6-7-14(18)25-13/h2-7,10H,8-9H2,1H3,(H,19,21)/t10-/m1/s1. The van der Waals surface area contributed by atoms with Crippen molar-refractivity contribution in [2.75, 3.05) is 16.8 Å². The molecule has 1 aromatic heterocycles. The van der Waals surface area contributed by atoms with Gasteiger partial charge in [-0.15, -0.1) is 11.3 Å². The fourth-order valence-corrected chi connectivity index (χ4v) is 3.60. The average Bonchev–Trinajstić information content (AvgIpc) is 2.95. The number of carbonyl (C=O) groups excluding carboxylic acids is 3. The molecule has 0 unspecified atom stereocenters. The quantitative estimate of drug-likeness (QED) is 0.831. The van der Waals surface area contributed by atoms with E-state index in [2.05, 4.69) is 5.32 Å². The molecule has 0 radical (unpaired) electrons. The van der Waals surface area contributed by atoms with Crippen LogP contribution in [-0.2, 0) is 14.3 Å². The Bertz CT molecular complexity index is 836. The molecule has 1 N–H and O–H groups in total. The molecule has 1 aliphatic rings. The van der Waals surface area contributed by atoms with Crippen LogP contribution in [0.5, 0.6) is 0 Å². The summed E-state index contributed by atoms with van der Waals surface area (Å²) in [6.45, 7) is 1.36. The number of para-hydroxylation sites is 2. The lowest BCUT2D eigenvalue weighted by molar-refractivity contribution is -0.122. The zero-order chi connectivity index (χ0) is 18.0. The summed E-state index contributed by atoms with van der Waals surface area (Å²) in [6, 6.07) is 9.82. The maximum absolute atomic E-state index is 12.7. The highest BCUT2D eigenvalue weighted by molar-refractivity contribution is 7.17. The van der Waals surface area contributed by atoms with Gasteiger partial charge in [0.05, 0.1) is 15.7 Å². The lowest BCUT2D eigenvalue weighted by atomic mass is 10.1. The first kappa shape index (κ1) is 17.4. The van der Waals surface area contributed by atoms with Crippen LogP contribution >= 0.6 is 22.9 Å². The third-order valence-corrected chi connectivity index (χ3v) is 4.94. The smallest absolute Gasteiger partial charge is 0.348 e. The summed E-state index contributed by atoms with van der Waals surface area (Å²) in [5, 5.41) is 2.78. The van der Waals surface area contributed by atoms with Gasteiger partial charge < -0.3 is 15.0 Å². The van der Waals surface area contributed by atoms with Crippen molar-refractivity contribution in [3.8, 4) is 0 Å². The SMILES string of the molecule is C[C@@H]1CC(=O)Nc2ccccc2N1C(=O)COC(=O)c1ccc(Cl)s1. The molecule has 0 saturated carbocycles. The average molecular weight is 379 g/mol. The number of nitrogens with one attached hydrogen (secondary N) is 1. The van der Waals surface area contributed by atoms with E-state index >= 15 is 0 Å². The Morgan fingerprint density at radius 3 is 2.80 bits per heavy atom. The van der Waals surface area contributed by atoms with Crippen LogP contribution in [0.1, 0.15) is 23.0 Å². The van der Waals surface area contributed by atoms with Gasteiger partial charge in [-0.25, -0.2) is 4.79 Å². The lowest BCUT2D eigenvalue weighted by Crippen LogP contribution is -2.41. The number of fused-ring (bicyclic) bond motifs is 1. The van der Waals surface area contributed by atoms with Crippen LogP contribution in [0.15, 0.2) is 36.4 Å². The van der Waals surface area contributed by atoms with Crippen molar-refractivity contribution in [2.45, 2.75) is 19.4 Å². The zero-order valence-electron chi connectivity index (χ0n) is 13.3. The second-order valence-corrected chi connectivity index (χ2v) is 7.28. The Morgan fingerprint density at radius 2 is 2.08 bits per heavy atom. The first-order valence-corrected chi connectivity index (χ1v) is 8.78. The summed E-state index contributed by atoms with van der Waals surface area (Å²) < 4.78 is 5.57. The lowest BCUT2D eigenvalue weighted by Gasteiger charge is -2.27. The van der Waals surface area contributed by atoms with Gasteiger partial charge in [-0.3, -0.25) is 9.59 Å². The fourth-order valence-electron chi connectivity index (χ4n) is 2.66. The number of hydrogen-bond acceptors (Lipinski definition) is 5. The molecular formula is C17H15ClN2O4S. The molecule has 25 heavy (non-hydrogen) atoms. The summed E-state index contributed by atoms with van der Waals surface area (Å²) >= 11 is 6.88. The van der Waals surface area contributed by atoms with E-state index in [4.69, 9.17) is 16.3 Å². The highest BCUT2D eigenvalue weighted by atomic mass is 35.5. The van der Waals surface area contributed by atoms with Crippen LogP contribution in [0, 0.1) is 0 Å². The van der Waals surface area contributed by atoms with Crippen molar-refractivity contribution < 1.29 is 19.1 Å². The van der Waals surface area contributed by atoms with Crippen LogP contribution in [0.25, 0.3) is 0 Å². The molecule has 3 rings (SSSR count). The monoisotopic (exact) mass is 378 g/mol. The zero-order valence-corrected chi connectivity index (χ0v) is 14.9. The summed E-state index contributed by atoms with van der Waals surface area (Å²) in [5.74, 6) is -1.16. The summed E-state index contributed by atoms with van der Waals surface area (Å²) in [5.41, 5.74) is 1.14. The second kappa shape index (κ2) is 7.25. The van der Waals surface area contributed by atoms with Gasteiger partial charge in [0.2, 0.25) is 5.91 Å². The molecule has 2 heterocycles. The van der Waals surface area contributed by atoms with Gasteiger partial charge in [-0.2, -0.15) is 0 Å². The number of anilines is 2. The van der Waals surface area contributed by atoms with Crippen molar-refractivity contribution in [3.05, 3.63) is 45.6 Å². The van der Waals surface area contributed by atoms with Crippen molar-refractivity contribution in [3.63, 3.8) is 0 Å². The van der Waals surface area contributed by atoms with E-state index in [1.54, 1.807) is 43.3 Å². The summed E-state index contributed by atoms with van der Waals surface area (Å²) in [7, 11) is 0. The molecule has 2 aromatic rings. The van der Waals surface area contributed by atoms with E-state index in [0.29, 0.717) is 20.6 Å². The third kappa shape index (κ3) is 3.83. The molecule has 1 aliphatic heterocycles. The topological polar surface area (TPSA) is 75.7 Å². The molecule has 6 nitrogen and oxygen atoms in total. The first-order chi connectivity index (χ1) is 12.0. The Labute approximate surface area is 153 Å². The van der Waals surface area contributed by atoms with Crippen molar-refractivity contribution in [2.24, 2.45) is 0 Å². The Morgan fingerprint density at radius 1 is 1.32 bits per heavy atom. The molecule has 130 valence electrons. The van der Waals surface area contributed by atoms with Gasteiger partial charge in [-0.1, -0.05) is 23.7 Å². The van der Waals surface area contributed by atoms with Crippen molar-refractivity contribution in [1.29, 1.82) is 0 Å². The van der Waals surface area contributed by atoms with E-state index in [9.17, 15) is 14.4 Å². The largest absolute Gasteiger partial charge is 0.451 e. The fraction of sp³-hybridized carbons (Fsp3) is 0.235. The van der Waals surface area contributed by atoms with Crippen LogP contribution < -0.4 is 10.2 Å². The van der Waals surface area contributed by atoms with Gasteiger partial charge in [0, 0.05) is 12.5 Å². The number of benzene rings is 1. The minimum atomic E-state index is -0.602. The Balaban J connectivity index is 1.76. The number of hydrogen-bond donors (Lipinski definition) is 1. The number of rotatable bonds is 3. The minimum absolute atomic E-state index is 0.162. The molecule has 0 aliphatic carbocycles. The minimum Gasteiger partial charge on any atom is -0.451 e. The molecule has 0 saturated heterocycles. The second-order valence-electron chi connectivity index (χ2n) is 5.56. The summed E-state index contributed by atoms with van der Waals surface area (Å²) in [4.78, 5) is 38.4. The highest BCUT2D eigenvalue weighted by Crippen LogP contribution is 2.31. The van der Waals surface area contributed by atoms with E-state index in [0.717, 1.165) is 11.3 Å². The molecule has 2 amide bonds. The summed E-state index contributed by atoms with van der Waals surface area (Å²) in [6.07, 6.45) is 0.162. The van der Waals surface area contributed by atoms with Crippen LogP contribution in [0.2, 0.25) is 4.34 Å². The molecule has 8 heteroatoms. The maximum Gasteiger partial charge on any atom is 0.348 e. The number of halogens is 1. The molecule has 0 bridgehead atoms. The number of nitrogens with zero attached hydrogens (tertiary/aromatic N) is 1. The van der Waals surface area contributed by atoms with E-state index < -0.39 is 18.5 Å². The number of esters is 1. The predicted molar refractivity (Wildman–Crippen MR) is 96.2 cm³/mol. The first-order valence-electron chi connectivity index (χ1n) is 7.59. The predicted octanol–water partition coefficient (Wildman–Crippen LogP) is 3.32. The molecule has 0 fully saturated rings. The van der Waals surface area contributed by atoms with Gasteiger partial charge in [0.25, 0.3) is 5.91 Å². The number of thiophene rings is 1.